The number of phenols is 1. The highest BCUT2D eigenvalue weighted by Crippen LogP contribution is 2.24. The number of furan rings is 1. The van der Waals surface area contributed by atoms with Gasteiger partial charge in [0.15, 0.2) is 0 Å². The van der Waals surface area contributed by atoms with Gasteiger partial charge in [-0.3, -0.25) is 4.79 Å². The molecule has 2 N–H and O–H groups in total. The number of carbonyl (C=O) groups is 2. The minimum Gasteiger partial charge on any atom is -0.508 e. The zero-order valence-electron chi connectivity index (χ0n) is 14.2. The second-order valence-electron chi connectivity index (χ2n) is 5.09. The lowest BCUT2D eigenvalue weighted by Gasteiger charge is -2.13. The number of hydrogen-bond acceptors (Lipinski definition) is 6. The number of benzene rings is 1. The van der Waals surface area contributed by atoms with E-state index in [9.17, 15) is 14.7 Å². The summed E-state index contributed by atoms with van der Waals surface area (Å²) in [5.41, 5.74) is 1.55. The van der Waals surface area contributed by atoms with Crippen molar-refractivity contribution in [2.75, 3.05) is 5.32 Å². The number of aromatic hydroxyl groups is 1. The highest BCUT2D eigenvalue weighted by molar-refractivity contribution is 5.99. The van der Waals surface area contributed by atoms with E-state index in [2.05, 4.69) is 5.32 Å². The third-order valence-corrected chi connectivity index (χ3v) is 3.52. The molecule has 0 radical (unpaired) electrons. The Balaban J connectivity index is 0.00000109. The molecule has 0 fully saturated rings. The van der Waals surface area contributed by atoms with Crippen molar-refractivity contribution in [3.8, 4) is 5.75 Å². The number of carbonyl (C=O) groups excluding carboxylic acids is 2. The number of anilines is 1. The molecule has 0 amide bonds. The standard InChI is InChI=1S/C17H15NO5.C2H6.H2/c19-14-4-2-1-3-11(14)5-8-16(20)23-17(21)13-6-7-15-12(18-13)9-10-22-15;1-2;/h1-4,6,9-10,18-19H,5,7-8H2;1-2H3;1H. The first-order valence-corrected chi connectivity index (χ1v) is 8.19. The number of ether oxygens (including phenoxy) is 1. The van der Waals surface area contributed by atoms with Crippen molar-refractivity contribution in [1.82, 2.24) is 0 Å². The Kier molecular flexibility index (Phi) is 6.39. The lowest BCUT2D eigenvalue weighted by atomic mass is 10.1. The van der Waals surface area contributed by atoms with Gasteiger partial charge in [0.1, 0.15) is 17.2 Å². The largest absolute Gasteiger partial charge is 0.508 e. The molecule has 2 aromatic rings. The summed E-state index contributed by atoms with van der Waals surface area (Å²) in [4.78, 5) is 23.7. The Hall–Kier alpha value is -3.02. The number of allylic oxidation sites excluding steroid dienone is 1. The third kappa shape index (κ3) is 4.73. The first kappa shape index (κ1) is 18.3. The summed E-state index contributed by atoms with van der Waals surface area (Å²) in [5.74, 6) is -0.513. The fourth-order valence-corrected chi connectivity index (χ4v) is 2.30. The van der Waals surface area contributed by atoms with Gasteiger partial charge in [-0.05, 0) is 24.1 Å². The highest BCUT2D eigenvalue weighted by atomic mass is 16.6. The van der Waals surface area contributed by atoms with Gasteiger partial charge in [0.2, 0.25) is 0 Å². The van der Waals surface area contributed by atoms with Crippen molar-refractivity contribution >= 4 is 17.6 Å². The van der Waals surface area contributed by atoms with Gasteiger partial charge in [0, 0.05) is 13.9 Å². The summed E-state index contributed by atoms with van der Waals surface area (Å²) in [6.07, 6.45) is 3.91. The average Bonchev–Trinajstić information content (AvgIpc) is 3.10. The monoisotopic (exact) mass is 345 g/mol. The number of nitrogens with one attached hydrogen (secondary N) is 1. The van der Waals surface area contributed by atoms with Gasteiger partial charge >= 0.3 is 11.9 Å². The van der Waals surface area contributed by atoms with Crippen LogP contribution in [-0.2, 0) is 27.2 Å². The number of rotatable bonds is 4. The quantitative estimate of drug-likeness (QED) is 0.647. The molecule has 3 rings (SSSR count). The lowest BCUT2D eigenvalue weighted by Crippen LogP contribution is -2.21. The molecule has 2 heterocycles. The molecule has 1 aliphatic rings. The Labute approximate surface area is 147 Å². The predicted octanol–water partition coefficient (Wildman–Crippen LogP) is 3.81. The normalized spacial score (nSPS) is 12.0. The van der Waals surface area contributed by atoms with Crippen molar-refractivity contribution in [2.24, 2.45) is 0 Å². The minimum absolute atomic E-state index is 0. The van der Waals surface area contributed by atoms with Crippen LogP contribution in [0.15, 0.2) is 52.8 Å². The van der Waals surface area contributed by atoms with Crippen molar-refractivity contribution < 1.29 is 25.3 Å². The van der Waals surface area contributed by atoms with E-state index in [1.165, 1.54) is 6.26 Å². The highest BCUT2D eigenvalue weighted by Gasteiger charge is 2.21. The van der Waals surface area contributed by atoms with Gasteiger partial charge in [-0.1, -0.05) is 32.0 Å². The summed E-state index contributed by atoms with van der Waals surface area (Å²) in [5, 5.41) is 12.5. The second-order valence-corrected chi connectivity index (χ2v) is 5.09. The average molecular weight is 345 g/mol. The molecule has 0 aliphatic carbocycles. The van der Waals surface area contributed by atoms with Crippen molar-refractivity contribution in [3.05, 3.63) is 59.7 Å². The molecular weight excluding hydrogens is 322 g/mol. The van der Waals surface area contributed by atoms with Crippen molar-refractivity contribution in [1.29, 1.82) is 0 Å². The van der Waals surface area contributed by atoms with Crippen LogP contribution in [0.1, 0.15) is 33.0 Å². The summed E-state index contributed by atoms with van der Waals surface area (Å²) < 4.78 is 10.0. The predicted molar refractivity (Wildman–Crippen MR) is 95.1 cm³/mol. The van der Waals surface area contributed by atoms with Gasteiger partial charge in [-0.25, -0.2) is 4.79 Å². The summed E-state index contributed by atoms with van der Waals surface area (Å²) in [6, 6.07) is 8.44. The van der Waals surface area contributed by atoms with Crippen LogP contribution in [0.25, 0.3) is 0 Å². The fourth-order valence-electron chi connectivity index (χ4n) is 2.30. The molecule has 0 spiro atoms. The number of fused-ring (bicyclic) bond motifs is 1. The zero-order valence-corrected chi connectivity index (χ0v) is 14.2. The first-order chi connectivity index (χ1) is 12.1. The van der Waals surface area contributed by atoms with E-state index in [1.807, 2.05) is 13.8 Å². The summed E-state index contributed by atoms with van der Waals surface area (Å²) in [6.45, 7) is 4.00. The van der Waals surface area contributed by atoms with E-state index < -0.39 is 11.9 Å². The van der Waals surface area contributed by atoms with Gasteiger partial charge in [0.05, 0.1) is 18.4 Å². The lowest BCUT2D eigenvalue weighted by molar-refractivity contribution is -0.156. The van der Waals surface area contributed by atoms with Crippen LogP contribution in [0, 0.1) is 0 Å². The van der Waals surface area contributed by atoms with E-state index in [0.29, 0.717) is 24.1 Å². The Morgan fingerprint density at radius 2 is 2.04 bits per heavy atom. The van der Waals surface area contributed by atoms with Crippen molar-refractivity contribution in [2.45, 2.75) is 33.1 Å². The number of hydrogen-bond donors (Lipinski definition) is 2. The second kappa shape index (κ2) is 8.73. The molecule has 0 atom stereocenters. The Bertz CT molecular complexity index is 782. The molecule has 134 valence electrons. The molecule has 1 aromatic heterocycles. The van der Waals surface area contributed by atoms with Crippen LogP contribution in [0.2, 0.25) is 0 Å². The zero-order chi connectivity index (χ0) is 18.2. The molecule has 0 saturated carbocycles. The number of phenolic OH excluding ortho intramolecular Hbond substituents is 1. The van der Waals surface area contributed by atoms with Gasteiger partial charge in [0.25, 0.3) is 0 Å². The number of para-hydroxylation sites is 1. The maximum Gasteiger partial charge on any atom is 0.362 e. The maximum atomic E-state index is 12.0. The Morgan fingerprint density at radius 1 is 1.28 bits per heavy atom. The van der Waals surface area contributed by atoms with Gasteiger partial charge in [-0.15, -0.1) is 0 Å². The topological polar surface area (TPSA) is 88.8 Å². The van der Waals surface area contributed by atoms with Crippen LogP contribution in [-0.4, -0.2) is 17.0 Å². The fraction of sp³-hybridized carbons (Fsp3) is 0.263. The number of esters is 2. The summed E-state index contributed by atoms with van der Waals surface area (Å²) >= 11 is 0. The summed E-state index contributed by atoms with van der Waals surface area (Å²) in [7, 11) is 0. The van der Waals surface area contributed by atoms with E-state index in [4.69, 9.17) is 9.15 Å². The number of aryl methyl sites for hydroxylation is 1. The van der Waals surface area contributed by atoms with E-state index in [-0.39, 0.29) is 19.3 Å². The van der Waals surface area contributed by atoms with Crippen molar-refractivity contribution in [3.63, 3.8) is 0 Å². The minimum atomic E-state index is -0.723. The smallest absolute Gasteiger partial charge is 0.362 e. The molecular formula is C19H23NO5. The van der Waals surface area contributed by atoms with E-state index in [1.54, 1.807) is 36.4 Å². The molecule has 0 saturated heterocycles. The van der Waals surface area contributed by atoms with E-state index in [0.717, 1.165) is 5.76 Å². The van der Waals surface area contributed by atoms with E-state index >= 15 is 0 Å². The molecule has 1 aromatic carbocycles. The molecule has 25 heavy (non-hydrogen) atoms. The first-order valence-electron chi connectivity index (χ1n) is 8.19. The Morgan fingerprint density at radius 3 is 2.80 bits per heavy atom. The third-order valence-electron chi connectivity index (χ3n) is 3.52. The molecule has 6 nitrogen and oxygen atoms in total. The van der Waals surface area contributed by atoms with Crippen LogP contribution < -0.4 is 5.32 Å². The van der Waals surface area contributed by atoms with Gasteiger partial charge < -0.3 is 19.6 Å². The van der Waals surface area contributed by atoms with Crippen LogP contribution in [0.4, 0.5) is 5.69 Å². The molecule has 0 bridgehead atoms. The molecule has 1 aliphatic heterocycles. The maximum absolute atomic E-state index is 12.0. The van der Waals surface area contributed by atoms with Crippen LogP contribution in [0.3, 0.4) is 0 Å². The molecule has 6 heteroatoms. The van der Waals surface area contributed by atoms with Gasteiger partial charge in [-0.2, -0.15) is 0 Å². The van der Waals surface area contributed by atoms with Crippen LogP contribution >= 0.6 is 0 Å². The SMILES string of the molecule is CC.O=C(CCc1ccccc1O)OC(=O)C1=CCc2occc2N1.[HH]. The van der Waals surface area contributed by atoms with Crippen LogP contribution in [0.5, 0.6) is 5.75 Å². The molecule has 0 unspecified atom stereocenters.